The number of rotatable bonds is 3. The molecule has 0 aliphatic carbocycles. The number of hydrogen-bond acceptors (Lipinski definition) is 6. The zero-order chi connectivity index (χ0) is 19.8. The summed E-state index contributed by atoms with van der Waals surface area (Å²) in [5.41, 5.74) is 1.56. The van der Waals surface area contributed by atoms with Crippen LogP contribution in [-0.4, -0.2) is 21.0 Å². The zero-order valence-electron chi connectivity index (χ0n) is 15.2. The molecule has 0 fully saturated rings. The van der Waals surface area contributed by atoms with Crippen molar-refractivity contribution in [3.8, 4) is 11.5 Å². The number of esters is 1. The summed E-state index contributed by atoms with van der Waals surface area (Å²) >= 11 is 0. The van der Waals surface area contributed by atoms with Gasteiger partial charge in [0.25, 0.3) is 5.56 Å². The molecule has 0 atom stereocenters. The van der Waals surface area contributed by atoms with Gasteiger partial charge in [-0.25, -0.2) is 0 Å². The van der Waals surface area contributed by atoms with Gasteiger partial charge >= 0.3 is 5.97 Å². The summed E-state index contributed by atoms with van der Waals surface area (Å²) < 4.78 is 12.4. The molecule has 0 radical (unpaired) electrons. The predicted octanol–water partition coefficient (Wildman–Crippen LogP) is 3.23. The minimum absolute atomic E-state index is 0.322. The third-order valence-corrected chi connectivity index (χ3v) is 4.87. The highest BCUT2D eigenvalue weighted by atomic mass is 16.5. The Hall–Kier alpha value is -4.00. The Bertz CT molecular complexity index is 1250. The lowest BCUT2D eigenvalue weighted by atomic mass is 9.88. The van der Waals surface area contributed by atoms with Gasteiger partial charge in [0.15, 0.2) is 6.73 Å². The molecule has 7 nitrogen and oxygen atoms in total. The number of benzene rings is 3. The molecule has 0 bridgehead atoms. The number of aromatic nitrogens is 3. The van der Waals surface area contributed by atoms with E-state index in [4.69, 9.17) is 9.47 Å². The number of fused-ring (bicyclic) bond motifs is 3. The summed E-state index contributed by atoms with van der Waals surface area (Å²) in [5, 5.41) is 8.29. The van der Waals surface area contributed by atoms with E-state index >= 15 is 0 Å². The molecule has 1 aliphatic rings. The van der Waals surface area contributed by atoms with Gasteiger partial charge in [0.2, 0.25) is 0 Å². The van der Waals surface area contributed by atoms with Crippen LogP contribution in [0.1, 0.15) is 17.0 Å². The highest BCUT2D eigenvalue weighted by Gasteiger charge is 2.33. The van der Waals surface area contributed by atoms with Gasteiger partial charge in [-0.2, -0.15) is 4.68 Å². The second-order valence-electron chi connectivity index (χ2n) is 6.61. The van der Waals surface area contributed by atoms with E-state index in [1.807, 2.05) is 48.5 Å². The van der Waals surface area contributed by atoms with Crippen molar-refractivity contribution >= 4 is 16.9 Å². The molecule has 142 valence electrons. The van der Waals surface area contributed by atoms with Crippen LogP contribution in [0.5, 0.6) is 11.5 Å². The molecule has 0 amide bonds. The molecule has 4 aromatic rings. The van der Waals surface area contributed by atoms with Gasteiger partial charge in [-0.3, -0.25) is 9.59 Å². The SMILES string of the molecule is O=C(OCn1nnc2ccccc2c1=O)C1c2ccccc2Oc2ccccc21. The van der Waals surface area contributed by atoms with Crippen LogP contribution in [0.2, 0.25) is 0 Å². The lowest BCUT2D eigenvalue weighted by molar-refractivity contribution is -0.149. The van der Waals surface area contributed by atoms with E-state index < -0.39 is 11.9 Å². The van der Waals surface area contributed by atoms with E-state index in [9.17, 15) is 9.59 Å². The van der Waals surface area contributed by atoms with Crippen LogP contribution in [0.3, 0.4) is 0 Å². The van der Waals surface area contributed by atoms with Crippen LogP contribution in [0.25, 0.3) is 10.9 Å². The molecule has 2 heterocycles. The van der Waals surface area contributed by atoms with Crippen LogP contribution in [-0.2, 0) is 16.3 Å². The summed E-state index contributed by atoms with van der Waals surface area (Å²) in [4.78, 5) is 25.6. The molecule has 7 heteroatoms. The molecular weight excluding hydrogens is 370 g/mol. The van der Waals surface area contributed by atoms with Crippen LogP contribution in [0, 0.1) is 0 Å². The molecule has 29 heavy (non-hydrogen) atoms. The first-order valence-electron chi connectivity index (χ1n) is 9.07. The molecule has 1 aliphatic heterocycles. The quantitative estimate of drug-likeness (QED) is 0.504. The van der Waals surface area contributed by atoms with Crippen molar-refractivity contribution in [2.24, 2.45) is 0 Å². The lowest BCUT2D eigenvalue weighted by Crippen LogP contribution is -2.28. The van der Waals surface area contributed by atoms with E-state index in [0.717, 1.165) is 4.68 Å². The predicted molar refractivity (Wildman–Crippen MR) is 105 cm³/mol. The second kappa shape index (κ2) is 6.87. The average Bonchev–Trinajstić information content (AvgIpc) is 2.77. The lowest BCUT2D eigenvalue weighted by Gasteiger charge is -2.26. The maximum absolute atomic E-state index is 13.0. The van der Waals surface area contributed by atoms with Gasteiger partial charge in [0.1, 0.15) is 22.9 Å². The zero-order valence-corrected chi connectivity index (χ0v) is 15.2. The van der Waals surface area contributed by atoms with Gasteiger partial charge < -0.3 is 9.47 Å². The van der Waals surface area contributed by atoms with Crippen LogP contribution in [0.4, 0.5) is 0 Å². The minimum atomic E-state index is -0.653. The molecule has 5 rings (SSSR count). The summed E-state index contributed by atoms with van der Waals surface area (Å²) in [6.07, 6.45) is 0. The topological polar surface area (TPSA) is 83.3 Å². The first kappa shape index (κ1) is 17.1. The summed E-state index contributed by atoms with van der Waals surface area (Å²) in [6, 6.07) is 21.6. The number of hydrogen-bond donors (Lipinski definition) is 0. The molecule has 1 aromatic heterocycles. The second-order valence-corrected chi connectivity index (χ2v) is 6.61. The monoisotopic (exact) mass is 385 g/mol. The van der Waals surface area contributed by atoms with Crippen molar-refractivity contribution in [2.45, 2.75) is 12.6 Å². The van der Waals surface area contributed by atoms with E-state index in [-0.39, 0.29) is 12.3 Å². The highest BCUT2D eigenvalue weighted by molar-refractivity contribution is 5.85. The van der Waals surface area contributed by atoms with E-state index in [1.54, 1.807) is 24.3 Å². The van der Waals surface area contributed by atoms with E-state index in [1.165, 1.54) is 0 Å². The first-order chi connectivity index (χ1) is 14.2. The average molecular weight is 385 g/mol. The number of carbonyl (C=O) groups is 1. The van der Waals surface area contributed by atoms with Gasteiger partial charge in [-0.15, -0.1) is 5.10 Å². The molecule has 0 saturated heterocycles. The number of ether oxygens (including phenoxy) is 2. The van der Waals surface area contributed by atoms with E-state index in [0.29, 0.717) is 33.5 Å². The largest absolute Gasteiger partial charge is 0.457 e. The Morgan fingerprint density at radius 3 is 2.28 bits per heavy atom. The Labute approximate surface area is 165 Å². The number of carbonyl (C=O) groups excluding carboxylic acids is 1. The third-order valence-electron chi connectivity index (χ3n) is 4.87. The number of nitrogens with zero attached hydrogens (tertiary/aromatic N) is 3. The fourth-order valence-corrected chi connectivity index (χ4v) is 3.48. The fraction of sp³-hybridized carbons (Fsp3) is 0.0909. The van der Waals surface area contributed by atoms with Crippen LogP contribution in [0.15, 0.2) is 77.6 Å². The summed E-state index contributed by atoms with van der Waals surface area (Å²) in [5.74, 6) is 0.0713. The smallest absolute Gasteiger partial charge is 0.320 e. The normalized spacial score (nSPS) is 12.7. The third kappa shape index (κ3) is 2.93. The Morgan fingerprint density at radius 1 is 0.931 bits per heavy atom. The van der Waals surface area contributed by atoms with Gasteiger partial charge in [-0.05, 0) is 24.3 Å². The maximum Gasteiger partial charge on any atom is 0.320 e. The van der Waals surface area contributed by atoms with Gasteiger partial charge in [-0.1, -0.05) is 53.7 Å². The molecule has 0 N–H and O–H groups in total. The maximum atomic E-state index is 13.0. The first-order valence-corrected chi connectivity index (χ1v) is 9.07. The van der Waals surface area contributed by atoms with Crippen LogP contribution >= 0.6 is 0 Å². The standard InChI is InChI=1S/C22H15N3O4/c26-21-14-7-1-4-10-17(14)23-24-25(21)13-28-22(27)20-15-8-2-5-11-18(15)29-19-12-6-3-9-16(19)20/h1-12,20H,13H2. The fourth-order valence-electron chi connectivity index (χ4n) is 3.48. The van der Waals surface area contributed by atoms with Crippen molar-refractivity contribution in [1.82, 2.24) is 15.0 Å². The van der Waals surface area contributed by atoms with Crippen molar-refractivity contribution in [2.75, 3.05) is 0 Å². The Balaban J connectivity index is 1.46. The Kier molecular flexibility index (Phi) is 4.05. The van der Waals surface area contributed by atoms with Crippen molar-refractivity contribution in [3.05, 3.63) is 94.3 Å². The summed E-state index contributed by atoms with van der Waals surface area (Å²) in [6.45, 7) is -0.322. The van der Waals surface area contributed by atoms with Crippen molar-refractivity contribution < 1.29 is 14.3 Å². The van der Waals surface area contributed by atoms with Crippen molar-refractivity contribution in [3.63, 3.8) is 0 Å². The molecule has 0 unspecified atom stereocenters. The molecule has 0 spiro atoms. The molecular formula is C22H15N3O4. The Morgan fingerprint density at radius 2 is 1.55 bits per heavy atom. The summed E-state index contributed by atoms with van der Waals surface area (Å²) in [7, 11) is 0. The van der Waals surface area contributed by atoms with Crippen molar-refractivity contribution in [1.29, 1.82) is 0 Å². The van der Waals surface area contributed by atoms with Gasteiger partial charge in [0.05, 0.1) is 5.39 Å². The number of para-hydroxylation sites is 2. The van der Waals surface area contributed by atoms with Crippen LogP contribution < -0.4 is 10.3 Å². The van der Waals surface area contributed by atoms with Gasteiger partial charge in [0, 0.05) is 11.1 Å². The van der Waals surface area contributed by atoms with E-state index in [2.05, 4.69) is 10.3 Å². The molecule has 0 saturated carbocycles. The highest BCUT2D eigenvalue weighted by Crippen LogP contribution is 2.44. The minimum Gasteiger partial charge on any atom is -0.457 e. The molecule has 3 aromatic carbocycles.